The number of hydrogen-bond donors (Lipinski definition) is 1. The Morgan fingerprint density at radius 1 is 0.971 bits per heavy atom. The van der Waals surface area contributed by atoms with E-state index in [-0.39, 0.29) is 11.7 Å². The quantitative estimate of drug-likeness (QED) is 0.646. The van der Waals surface area contributed by atoms with E-state index in [1.165, 1.54) is 7.11 Å². The molecule has 1 aliphatic heterocycles. The van der Waals surface area contributed by atoms with Gasteiger partial charge < -0.3 is 24.3 Å². The second-order valence-electron chi connectivity index (χ2n) is 8.41. The molecule has 0 radical (unpaired) electrons. The van der Waals surface area contributed by atoms with Gasteiger partial charge in [0.1, 0.15) is 11.7 Å². The zero-order chi connectivity index (χ0) is 24.4. The van der Waals surface area contributed by atoms with Crippen LogP contribution in [0.2, 0.25) is 0 Å². The van der Waals surface area contributed by atoms with Gasteiger partial charge >= 0.3 is 5.97 Å². The smallest absolute Gasteiger partial charge is 0.315 e. The number of carbonyl (C=O) groups excluding carboxylic acids is 2. The molecule has 7 nitrogen and oxygen atoms in total. The largest absolute Gasteiger partial charge is 0.497 e. The summed E-state index contributed by atoms with van der Waals surface area (Å²) in [4.78, 5) is 26.6. The molecule has 7 heteroatoms. The standard InChI is InChI=1S/C27H29NO6/c1-15-23(27(30)34-5)24(19-7-6-8-22(32-3)26(19)33-4)25-20(28-15)13-17(14-21(25)29)16-9-11-18(31-2)12-10-16/h6-12,17,23-24,28H,1,13-14H2,2-5H3. The Labute approximate surface area is 199 Å². The van der Waals surface area contributed by atoms with Crippen LogP contribution in [0, 0.1) is 5.92 Å². The zero-order valence-corrected chi connectivity index (χ0v) is 19.8. The summed E-state index contributed by atoms with van der Waals surface area (Å²) < 4.78 is 21.5. The van der Waals surface area contributed by atoms with Crippen LogP contribution in [0.1, 0.15) is 35.8 Å². The summed E-state index contributed by atoms with van der Waals surface area (Å²) in [5.41, 5.74) is 3.57. The molecule has 3 unspecified atom stereocenters. The topological polar surface area (TPSA) is 83.1 Å². The maximum absolute atomic E-state index is 13.7. The highest BCUT2D eigenvalue weighted by molar-refractivity contribution is 6.01. The molecular weight excluding hydrogens is 434 g/mol. The summed E-state index contributed by atoms with van der Waals surface area (Å²) >= 11 is 0. The number of carbonyl (C=O) groups is 2. The second kappa shape index (κ2) is 9.63. The van der Waals surface area contributed by atoms with E-state index in [1.807, 2.05) is 36.4 Å². The lowest BCUT2D eigenvalue weighted by molar-refractivity contribution is -0.144. The predicted molar refractivity (Wildman–Crippen MR) is 127 cm³/mol. The van der Waals surface area contributed by atoms with E-state index in [0.29, 0.717) is 41.2 Å². The van der Waals surface area contributed by atoms with Gasteiger partial charge in [-0.2, -0.15) is 0 Å². The molecular formula is C27H29NO6. The van der Waals surface area contributed by atoms with E-state index in [4.69, 9.17) is 18.9 Å². The number of para-hydroxylation sites is 1. The first kappa shape index (κ1) is 23.4. The number of rotatable bonds is 6. The summed E-state index contributed by atoms with van der Waals surface area (Å²) in [5.74, 6) is -0.113. The predicted octanol–water partition coefficient (Wildman–Crippen LogP) is 4.10. The number of benzene rings is 2. The lowest BCUT2D eigenvalue weighted by Gasteiger charge is -2.40. The van der Waals surface area contributed by atoms with Crippen LogP contribution < -0.4 is 19.5 Å². The Morgan fingerprint density at radius 3 is 2.32 bits per heavy atom. The highest BCUT2D eigenvalue weighted by Crippen LogP contribution is 2.50. The molecule has 2 aliphatic rings. The molecule has 0 spiro atoms. The van der Waals surface area contributed by atoms with Gasteiger partial charge in [-0.3, -0.25) is 9.59 Å². The van der Waals surface area contributed by atoms with Crippen LogP contribution in [0.4, 0.5) is 0 Å². The first-order chi connectivity index (χ1) is 16.4. The van der Waals surface area contributed by atoms with Gasteiger partial charge in [0.05, 0.1) is 28.4 Å². The molecule has 0 fully saturated rings. The summed E-state index contributed by atoms with van der Waals surface area (Å²) in [5, 5.41) is 3.27. The Morgan fingerprint density at radius 2 is 1.71 bits per heavy atom. The third-order valence-electron chi connectivity index (χ3n) is 6.65. The molecule has 0 saturated heterocycles. The van der Waals surface area contributed by atoms with E-state index in [2.05, 4.69) is 11.9 Å². The molecule has 0 bridgehead atoms. The van der Waals surface area contributed by atoms with Crippen LogP contribution in [-0.2, 0) is 14.3 Å². The first-order valence-electron chi connectivity index (χ1n) is 11.1. The van der Waals surface area contributed by atoms with E-state index >= 15 is 0 Å². The molecule has 3 atom stereocenters. The van der Waals surface area contributed by atoms with Gasteiger partial charge in [-0.15, -0.1) is 0 Å². The monoisotopic (exact) mass is 463 g/mol. The van der Waals surface area contributed by atoms with E-state index in [1.54, 1.807) is 27.4 Å². The average Bonchev–Trinajstić information content (AvgIpc) is 2.86. The first-order valence-corrected chi connectivity index (χ1v) is 11.1. The molecule has 1 aliphatic carbocycles. The zero-order valence-electron chi connectivity index (χ0n) is 19.8. The lowest BCUT2D eigenvalue weighted by Crippen LogP contribution is -2.42. The van der Waals surface area contributed by atoms with Gasteiger partial charge in [-0.25, -0.2) is 0 Å². The molecule has 178 valence electrons. The number of methoxy groups -OCH3 is 4. The third kappa shape index (κ3) is 4.02. The minimum atomic E-state index is -0.786. The van der Waals surface area contributed by atoms with Crippen molar-refractivity contribution in [2.75, 3.05) is 28.4 Å². The fourth-order valence-electron chi connectivity index (χ4n) is 5.06. The summed E-state index contributed by atoms with van der Waals surface area (Å²) in [6.45, 7) is 4.13. The highest BCUT2D eigenvalue weighted by atomic mass is 16.5. The summed E-state index contributed by atoms with van der Waals surface area (Å²) in [6.07, 6.45) is 0.944. The maximum atomic E-state index is 13.7. The van der Waals surface area contributed by atoms with Crippen molar-refractivity contribution in [3.8, 4) is 17.2 Å². The molecule has 34 heavy (non-hydrogen) atoms. The minimum Gasteiger partial charge on any atom is -0.497 e. The van der Waals surface area contributed by atoms with Crippen LogP contribution in [-0.4, -0.2) is 40.2 Å². The number of esters is 1. The Kier molecular flexibility index (Phi) is 6.63. The van der Waals surface area contributed by atoms with Crippen LogP contribution in [0.5, 0.6) is 17.2 Å². The van der Waals surface area contributed by atoms with Crippen molar-refractivity contribution in [2.24, 2.45) is 5.92 Å². The van der Waals surface area contributed by atoms with E-state index < -0.39 is 17.8 Å². The SMILES string of the molecule is C=C1NC2=C(C(=O)CC(c3ccc(OC)cc3)C2)C(c2cccc(OC)c2OC)C1C(=O)OC. The van der Waals surface area contributed by atoms with Crippen molar-refractivity contribution in [2.45, 2.75) is 24.7 Å². The Bertz CT molecular complexity index is 1150. The average molecular weight is 464 g/mol. The van der Waals surface area contributed by atoms with Crippen LogP contribution in [0.3, 0.4) is 0 Å². The highest BCUT2D eigenvalue weighted by Gasteiger charge is 2.46. The number of ether oxygens (including phenoxy) is 4. The van der Waals surface area contributed by atoms with Crippen molar-refractivity contribution in [3.63, 3.8) is 0 Å². The lowest BCUT2D eigenvalue weighted by atomic mass is 9.68. The van der Waals surface area contributed by atoms with Crippen molar-refractivity contribution >= 4 is 11.8 Å². The number of hydrogen-bond acceptors (Lipinski definition) is 7. The van der Waals surface area contributed by atoms with Gasteiger partial charge in [0.15, 0.2) is 17.3 Å². The molecule has 2 aromatic carbocycles. The van der Waals surface area contributed by atoms with E-state index in [9.17, 15) is 9.59 Å². The van der Waals surface area contributed by atoms with E-state index in [0.717, 1.165) is 17.0 Å². The molecule has 0 aromatic heterocycles. The molecule has 1 N–H and O–H groups in total. The minimum absolute atomic E-state index is 0.0000113. The molecule has 0 saturated carbocycles. The van der Waals surface area contributed by atoms with Crippen molar-refractivity contribution in [3.05, 3.63) is 77.1 Å². The Hall–Kier alpha value is -3.74. The fraction of sp³-hybridized carbons (Fsp3) is 0.333. The normalized spacial score (nSPS) is 21.9. The number of nitrogens with one attached hydrogen (secondary N) is 1. The maximum Gasteiger partial charge on any atom is 0.315 e. The second-order valence-corrected chi connectivity index (χ2v) is 8.41. The summed E-state index contributed by atoms with van der Waals surface area (Å²) in [6, 6.07) is 13.2. The van der Waals surface area contributed by atoms with Crippen molar-refractivity contribution in [1.82, 2.24) is 5.32 Å². The van der Waals surface area contributed by atoms with Crippen molar-refractivity contribution < 1.29 is 28.5 Å². The number of allylic oxidation sites excluding steroid dienone is 2. The number of Topliss-reactive ketones (excluding diaryl/α,β-unsaturated/α-hetero) is 1. The van der Waals surface area contributed by atoms with Gasteiger partial charge in [0, 0.05) is 34.9 Å². The molecule has 0 amide bonds. The summed E-state index contributed by atoms with van der Waals surface area (Å²) in [7, 11) is 6.05. The Balaban J connectivity index is 1.83. The van der Waals surface area contributed by atoms with Crippen LogP contribution in [0.25, 0.3) is 0 Å². The molecule has 4 rings (SSSR count). The van der Waals surface area contributed by atoms with Crippen molar-refractivity contribution in [1.29, 1.82) is 0 Å². The fourth-order valence-corrected chi connectivity index (χ4v) is 5.06. The molecule has 2 aromatic rings. The van der Waals surface area contributed by atoms with Gasteiger partial charge in [0.25, 0.3) is 0 Å². The third-order valence-corrected chi connectivity index (χ3v) is 6.65. The molecule has 1 heterocycles. The van der Waals surface area contributed by atoms with Crippen LogP contribution >= 0.6 is 0 Å². The number of ketones is 1. The van der Waals surface area contributed by atoms with Crippen LogP contribution in [0.15, 0.2) is 66.0 Å². The van der Waals surface area contributed by atoms with Gasteiger partial charge in [0.2, 0.25) is 0 Å². The van der Waals surface area contributed by atoms with Gasteiger partial charge in [-0.05, 0) is 36.1 Å². The van der Waals surface area contributed by atoms with Gasteiger partial charge in [-0.1, -0.05) is 30.8 Å².